The van der Waals surface area contributed by atoms with Gasteiger partial charge < -0.3 is 5.73 Å². The third kappa shape index (κ3) is 4.53. The molecule has 0 saturated heterocycles. The van der Waals surface area contributed by atoms with Gasteiger partial charge in [-0.1, -0.05) is 0 Å². The van der Waals surface area contributed by atoms with Crippen molar-refractivity contribution in [3.8, 4) is 0 Å². The summed E-state index contributed by atoms with van der Waals surface area (Å²) in [7, 11) is -3.46. The average molecular weight is 215 g/mol. The molecule has 0 radical (unpaired) electrons. The molecular formula is C5H11ClN2O3S. The number of primary amides is 1. The fourth-order valence-corrected chi connectivity index (χ4v) is 2.07. The van der Waals surface area contributed by atoms with Crippen LogP contribution in [0.1, 0.15) is 6.92 Å². The van der Waals surface area contributed by atoms with Gasteiger partial charge in [0.25, 0.3) is 0 Å². The lowest BCUT2D eigenvalue weighted by Crippen LogP contribution is -2.43. The average Bonchev–Trinajstić information content (AvgIpc) is 1.85. The monoisotopic (exact) mass is 214 g/mol. The molecule has 12 heavy (non-hydrogen) atoms. The van der Waals surface area contributed by atoms with Crippen LogP contribution < -0.4 is 10.5 Å². The zero-order chi connectivity index (χ0) is 9.78. The summed E-state index contributed by atoms with van der Waals surface area (Å²) in [6.45, 7) is 1.37. The van der Waals surface area contributed by atoms with E-state index in [1.807, 2.05) is 0 Å². The minimum Gasteiger partial charge on any atom is -0.368 e. The molecule has 1 atom stereocenters. The Morgan fingerprint density at radius 1 is 1.67 bits per heavy atom. The van der Waals surface area contributed by atoms with Crippen molar-refractivity contribution >= 4 is 27.5 Å². The highest BCUT2D eigenvalue weighted by Gasteiger charge is 2.16. The molecule has 3 N–H and O–H groups in total. The zero-order valence-electron chi connectivity index (χ0n) is 6.58. The molecule has 0 saturated carbocycles. The molecule has 7 heteroatoms. The second-order valence-electron chi connectivity index (χ2n) is 2.25. The molecule has 0 aliphatic rings. The molecule has 0 spiro atoms. The highest BCUT2D eigenvalue weighted by molar-refractivity contribution is 7.89. The van der Waals surface area contributed by atoms with E-state index in [9.17, 15) is 13.2 Å². The van der Waals surface area contributed by atoms with Gasteiger partial charge in [-0.3, -0.25) is 4.79 Å². The van der Waals surface area contributed by atoms with Crippen LogP contribution in [0.25, 0.3) is 0 Å². The van der Waals surface area contributed by atoms with E-state index in [4.69, 9.17) is 17.3 Å². The van der Waals surface area contributed by atoms with Gasteiger partial charge in [0, 0.05) is 5.88 Å². The number of rotatable bonds is 5. The van der Waals surface area contributed by atoms with Gasteiger partial charge in [0.05, 0.1) is 11.8 Å². The van der Waals surface area contributed by atoms with Crippen molar-refractivity contribution in [3.63, 3.8) is 0 Å². The van der Waals surface area contributed by atoms with Gasteiger partial charge in [0.15, 0.2) is 0 Å². The Kier molecular flexibility index (Phi) is 4.51. The van der Waals surface area contributed by atoms with Gasteiger partial charge in [-0.2, -0.15) is 0 Å². The maximum Gasteiger partial charge on any atom is 0.235 e. The van der Waals surface area contributed by atoms with E-state index in [2.05, 4.69) is 4.72 Å². The number of amides is 1. The number of nitrogens with one attached hydrogen (secondary N) is 1. The molecule has 72 valence electrons. The maximum absolute atomic E-state index is 10.9. The molecule has 0 bridgehead atoms. The van der Waals surface area contributed by atoms with Gasteiger partial charge in [-0.25, -0.2) is 13.1 Å². The highest BCUT2D eigenvalue weighted by Crippen LogP contribution is 1.90. The van der Waals surface area contributed by atoms with Crippen LogP contribution in [0.5, 0.6) is 0 Å². The van der Waals surface area contributed by atoms with Crippen LogP contribution in [-0.2, 0) is 14.8 Å². The van der Waals surface area contributed by atoms with Crippen molar-refractivity contribution in [3.05, 3.63) is 0 Å². The summed E-state index contributed by atoms with van der Waals surface area (Å²) in [6.07, 6.45) is 0. The fraction of sp³-hybridized carbons (Fsp3) is 0.800. The number of sulfonamides is 1. The van der Waals surface area contributed by atoms with Crippen LogP contribution in [-0.4, -0.2) is 32.0 Å². The van der Waals surface area contributed by atoms with Crippen molar-refractivity contribution < 1.29 is 13.2 Å². The maximum atomic E-state index is 10.9. The van der Waals surface area contributed by atoms with Gasteiger partial charge in [0.1, 0.15) is 0 Å². The lowest BCUT2D eigenvalue weighted by atomic mass is 10.4. The number of halogens is 1. The summed E-state index contributed by atoms with van der Waals surface area (Å²) in [4.78, 5) is 10.4. The van der Waals surface area contributed by atoms with E-state index in [1.165, 1.54) is 6.92 Å². The van der Waals surface area contributed by atoms with Crippen molar-refractivity contribution in [2.45, 2.75) is 13.0 Å². The highest BCUT2D eigenvalue weighted by atomic mass is 35.5. The molecule has 0 aromatic heterocycles. The quantitative estimate of drug-likeness (QED) is 0.577. The van der Waals surface area contributed by atoms with Crippen molar-refractivity contribution in [2.24, 2.45) is 5.73 Å². The van der Waals surface area contributed by atoms with Crippen LogP contribution in [0.2, 0.25) is 0 Å². The first-order chi connectivity index (χ1) is 5.39. The second kappa shape index (κ2) is 4.64. The van der Waals surface area contributed by atoms with E-state index >= 15 is 0 Å². The van der Waals surface area contributed by atoms with E-state index in [0.717, 1.165) is 0 Å². The van der Waals surface area contributed by atoms with E-state index < -0.39 is 22.0 Å². The molecule has 0 aliphatic carbocycles. The second-order valence-corrected chi connectivity index (χ2v) is 4.50. The first-order valence-corrected chi connectivity index (χ1v) is 5.43. The number of carbonyl (C=O) groups is 1. The molecule has 5 nitrogen and oxygen atoms in total. The van der Waals surface area contributed by atoms with E-state index in [0.29, 0.717) is 0 Å². The van der Waals surface area contributed by atoms with Crippen molar-refractivity contribution in [1.29, 1.82) is 0 Å². The predicted octanol–water partition coefficient (Wildman–Crippen LogP) is -0.982. The normalized spacial score (nSPS) is 14.2. The third-order valence-electron chi connectivity index (χ3n) is 1.13. The van der Waals surface area contributed by atoms with E-state index in [1.54, 1.807) is 0 Å². The number of hydrogen-bond acceptors (Lipinski definition) is 3. The number of hydrogen-bond donors (Lipinski definition) is 2. The topological polar surface area (TPSA) is 89.3 Å². The number of carbonyl (C=O) groups excluding carboxylic acids is 1. The Labute approximate surface area is 76.3 Å². The molecule has 0 fully saturated rings. The smallest absolute Gasteiger partial charge is 0.235 e. The van der Waals surface area contributed by atoms with Gasteiger partial charge in [-0.05, 0) is 6.92 Å². The van der Waals surface area contributed by atoms with Crippen LogP contribution in [0.15, 0.2) is 0 Å². The molecule has 0 aromatic carbocycles. The fourth-order valence-electron chi connectivity index (χ4n) is 0.488. The summed E-state index contributed by atoms with van der Waals surface area (Å²) in [6, 6.07) is -0.891. The minimum absolute atomic E-state index is 0.0131. The lowest BCUT2D eigenvalue weighted by Gasteiger charge is -2.08. The molecular weight excluding hydrogens is 204 g/mol. The molecule has 0 aliphatic heterocycles. The lowest BCUT2D eigenvalue weighted by molar-refractivity contribution is -0.119. The Hall–Kier alpha value is -0.330. The van der Waals surface area contributed by atoms with Crippen LogP contribution in [0, 0.1) is 0 Å². The summed E-state index contributed by atoms with van der Waals surface area (Å²) in [5, 5.41) is 0. The SMILES string of the molecule is CC(NS(=O)(=O)CCCl)C(N)=O. The molecule has 1 amide bonds. The predicted molar refractivity (Wildman–Crippen MR) is 46.3 cm³/mol. The van der Waals surface area contributed by atoms with Gasteiger partial charge in [0.2, 0.25) is 15.9 Å². The molecule has 0 rings (SSSR count). The van der Waals surface area contributed by atoms with Crippen LogP contribution in [0.4, 0.5) is 0 Å². The summed E-state index contributed by atoms with van der Waals surface area (Å²) < 4.78 is 24.0. The van der Waals surface area contributed by atoms with Crippen molar-refractivity contribution in [1.82, 2.24) is 4.72 Å². The van der Waals surface area contributed by atoms with E-state index in [-0.39, 0.29) is 11.6 Å². The van der Waals surface area contributed by atoms with Crippen LogP contribution >= 0.6 is 11.6 Å². The standard InChI is InChI=1S/C5H11ClN2O3S/c1-4(5(7)9)8-12(10,11)3-2-6/h4,8H,2-3H2,1H3,(H2,7,9). The van der Waals surface area contributed by atoms with Gasteiger partial charge >= 0.3 is 0 Å². The Morgan fingerprint density at radius 3 is 2.50 bits per heavy atom. The summed E-state index contributed by atoms with van der Waals surface area (Å²) >= 11 is 5.21. The van der Waals surface area contributed by atoms with Gasteiger partial charge in [-0.15, -0.1) is 11.6 Å². The Bertz CT molecular complexity index is 251. The Morgan fingerprint density at radius 2 is 2.17 bits per heavy atom. The van der Waals surface area contributed by atoms with Crippen LogP contribution in [0.3, 0.4) is 0 Å². The molecule has 0 aromatic rings. The minimum atomic E-state index is -3.46. The first-order valence-electron chi connectivity index (χ1n) is 3.24. The molecule has 1 unspecified atom stereocenters. The summed E-state index contributed by atoms with van der Waals surface area (Å²) in [5.41, 5.74) is 4.84. The number of alkyl halides is 1. The largest absolute Gasteiger partial charge is 0.368 e. The Balaban J connectivity index is 4.16. The summed E-state index contributed by atoms with van der Waals surface area (Å²) in [5.74, 6) is -0.944. The van der Waals surface area contributed by atoms with Crippen molar-refractivity contribution in [2.75, 3.05) is 11.6 Å². The molecule has 0 heterocycles. The third-order valence-corrected chi connectivity index (χ3v) is 3.00. The first kappa shape index (κ1) is 11.7. The zero-order valence-corrected chi connectivity index (χ0v) is 8.15. The number of nitrogens with two attached hydrogens (primary N) is 1.